The highest BCUT2D eigenvalue weighted by atomic mass is 79.9. The predicted molar refractivity (Wildman–Crippen MR) is 108 cm³/mol. The van der Waals surface area contributed by atoms with E-state index in [2.05, 4.69) is 49.0 Å². The minimum Gasteiger partial charge on any atom is -0.488 e. The van der Waals surface area contributed by atoms with Crippen molar-refractivity contribution in [3.63, 3.8) is 0 Å². The van der Waals surface area contributed by atoms with Gasteiger partial charge >= 0.3 is 0 Å². The lowest BCUT2D eigenvalue weighted by Crippen LogP contribution is -2.00. The normalized spacial score (nSPS) is 13.1. The van der Waals surface area contributed by atoms with E-state index < -0.39 is 0 Å². The van der Waals surface area contributed by atoms with Gasteiger partial charge in [-0.1, -0.05) is 77.3 Å². The minimum atomic E-state index is 0.646. The van der Waals surface area contributed by atoms with Gasteiger partial charge < -0.3 is 4.74 Å². The average Bonchev–Trinajstić information content (AvgIpc) is 2.55. The molecule has 0 aromatic rings. The predicted octanol–water partition coefficient (Wildman–Crippen LogP) is 7.62. The molecule has 0 aromatic heterocycles. The molecule has 0 unspecified atom stereocenters. The highest BCUT2D eigenvalue weighted by Gasteiger charge is 2.05. The largest absolute Gasteiger partial charge is 0.488 e. The lowest BCUT2D eigenvalue weighted by Gasteiger charge is -2.13. The van der Waals surface area contributed by atoms with Crippen molar-refractivity contribution in [2.75, 3.05) is 6.61 Å². The van der Waals surface area contributed by atoms with Crippen LogP contribution in [-0.4, -0.2) is 6.61 Å². The smallest absolute Gasteiger partial charge is 0.133 e. The number of rotatable bonds is 14. The second-order valence-electron chi connectivity index (χ2n) is 5.62. The highest BCUT2D eigenvalue weighted by Crippen LogP contribution is 2.21. The van der Waals surface area contributed by atoms with Crippen molar-refractivity contribution in [3.05, 3.63) is 59.4 Å². The van der Waals surface area contributed by atoms with Gasteiger partial charge in [0.25, 0.3) is 0 Å². The van der Waals surface area contributed by atoms with Crippen LogP contribution in [0.1, 0.15) is 65.2 Å². The molecular weight excluding hydrogens is 348 g/mol. The molecule has 1 nitrogen and oxygen atoms in total. The fourth-order valence-corrected chi connectivity index (χ4v) is 2.63. The van der Waals surface area contributed by atoms with Crippen molar-refractivity contribution in [1.29, 1.82) is 0 Å². The molecule has 23 heavy (non-hydrogen) atoms. The summed E-state index contributed by atoms with van der Waals surface area (Å²) in [7, 11) is 0. The Morgan fingerprint density at radius 3 is 2.26 bits per heavy atom. The van der Waals surface area contributed by atoms with Gasteiger partial charge in [-0.15, -0.1) is 0 Å². The Kier molecular flexibility index (Phi) is 15.2. The summed E-state index contributed by atoms with van der Waals surface area (Å²) in [5.41, 5.74) is 1.40. The van der Waals surface area contributed by atoms with Crippen LogP contribution in [0.3, 0.4) is 0 Å². The topological polar surface area (TPSA) is 9.23 Å². The van der Waals surface area contributed by atoms with Crippen molar-refractivity contribution < 1.29 is 4.74 Å². The van der Waals surface area contributed by atoms with Crippen LogP contribution in [-0.2, 0) is 4.74 Å². The van der Waals surface area contributed by atoms with Gasteiger partial charge in [0.2, 0.25) is 0 Å². The maximum atomic E-state index is 5.99. The van der Waals surface area contributed by atoms with E-state index in [0.29, 0.717) is 6.61 Å². The summed E-state index contributed by atoms with van der Waals surface area (Å²) in [5, 5.41) is 0. The number of halogens is 1. The molecule has 130 valence electrons. The molecular formula is C21H33BrO. The van der Waals surface area contributed by atoms with E-state index in [4.69, 9.17) is 4.74 Å². The SMILES string of the molecule is C=C/C=C(Br)\C(=C/C=C)OC/C(=C/CCC)CCCCCCC. The van der Waals surface area contributed by atoms with Crippen LogP contribution in [0.4, 0.5) is 0 Å². The standard InChI is InChI=1S/C21H33BrO/c1-5-9-11-12-13-17-19(16-10-6-2)18-23-21(15-8-4)20(22)14-7-3/h7-8,14-16H,3-6,9-13,17-18H2,1-2H3/b19-16+,20-14+,21-15+. The Morgan fingerprint density at radius 2 is 1.65 bits per heavy atom. The fraction of sp³-hybridized carbons (Fsp3) is 0.524. The first-order valence-electron chi connectivity index (χ1n) is 8.81. The van der Waals surface area contributed by atoms with Crippen molar-refractivity contribution in [2.45, 2.75) is 65.2 Å². The molecule has 2 heteroatoms. The first kappa shape index (κ1) is 22.0. The van der Waals surface area contributed by atoms with Crippen LogP contribution in [0.2, 0.25) is 0 Å². The molecule has 0 heterocycles. The van der Waals surface area contributed by atoms with Crippen LogP contribution < -0.4 is 0 Å². The second-order valence-corrected chi connectivity index (χ2v) is 6.48. The lowest BCUT2D eigenvalue weighted by atomic mass is 10.0. The monoisotopic (exact) mass is 380 g/mol. The first-order chi connectivity index (χ1) is 11.2. The zero-order valence-corrected chi connectivity index (χ0v) is 16.5. The molecule has 0 aliphatic rings. The molecule has 0 bridgehead atoms. The quantitative estimate of drug-likeness (QED) is 0.130. The molecule has 0 spiro atoms. The summed E-state index contributed by atoms with van der Waals surface area (Å²) >= 11 is 3.52. The van der Waals surface area contributed by atoms with Gasteiger partial charge in [0, 0.05) is 0 Å². The third kappa shape index (κ3) is 12.1. The van der Waals surface area contributed by atoms with E-state index >= 15 is 0 Å². The van der Waals surface area contributed by atoms with Crippen LogP contribution in [0, 0.1) is 0 Å². The molecule has 0 saturated heterocycles. The Labute approximate surface area is 152 Å². The molecule has 0 aliphatic heterocycles. The third-order valence-electron chi connectivity index (χ3n) is 3.50. The van der Waals surface area contributed by atoms with E-state index in [0.717, 1.165) is 23.1 Å². The number of ether oxygens (including phenoxy) is 1. The summed E-state index contributed by atoms with van der Waals surface area (Å²) in [6.45, 7) is 12.6. The maximum Gasteiger partial charge on any atom is 0.133 e. The van der Waals surface area contributed by atoms with Gasteiger partial charge in [-0.25, -0.2) is 0 Å². The van der Waals surface area contributed by atoms with Crippen molar-refractivity contribution >= 4 is 15.9 Å². The average molecular weight is 381 g/mol. The van der Waals surface area contributed by atoms with Gasteiger partial charge in [0.15, 0.2) is 0 Å². The Balaban J connectivity index is 4.57. The maximum absolute atomic E-state index is 5.99. The van der Waals surface area contributed by atoms with Gasteiger partial charge in [-0.3, -0.25) is 0 Å². The number of allylic oxidation sites excluding steroid dienone is 6. The van der Waals surface area contributed by atoms with Crippen LogP contribution >= 0.6 is 15.9 Å². The van der Waals surface area contributed by atoms with E-state index in [9.17, 15) is 0 Å². The van der Waals surface area contributed by atoms with Crippen LogP contribution in [0.25, 0.3) is 0 Å². The molecule has 0 atom stereocenters. The van der Waals surface area contributed by atoms with Crippen LogP contribution in [0.5, 0.6) is 0 Å². The number of hydrogen-bond acceptors (Lipinski definition) is 1. The summed E-state index contributed by atoms with van der Waals surface area (Å²) in [6, 6.07) is 0. The molecule has 0 amide bonds. The molecule has 0 saturated carbocycles. The molecule has 0 N–H and O–H groups in total. The zero-order valence-electron chi connectivity index (χ0n) is 15.0. The van der Waals surface area contributed by atoms with E-state index in [1.54, 1.807) is 12.2 Å². The number of unbranched alkanes of at least 4 members (excludes halogenated alkanes) is 5. The first-order valence-corrected chi connectivity index (χ1v) is 9.60. The lowest BCUT2D eigenvalue weighted by molar-refractivity contribution is 0.248. The highest BCUT2D eigenvalue weighted by molar-refractivity contribution is 9.11. The Bertz CT molecular complexity index is 416. The summed E-state index contributed by atoms with van der Waals surface area (Å²) < 4.78 is 6.89. The molecule has 0 fully saturated rings. The Morgan fingerprint density at radius 1 is 0.957 bits per heavy atom. The molecule has 0 radical (unpaired) electrons. The van der Waals surface area contributed by atoms with E-state index in [1.165, 1.54) is 44.1 Å². The fourth-order valence-electron chi connectivity index (χ4n) is 2.20. The van der Waals surface area contributed by atoms with Gasteiger partial charge in [-0.05, 0) is 52.9 Å². The number of hydrogen-bond donors (Lipinski definition) is 0. The molecule has 0 aliphatic carbocycles. The van der Waals surface area contributed by atoms with Gasteiger partial charge in [0.05, 0.1) is 4.48 Å². The van der Waals surface area contributed by atoms with E-state index in [-0.39, 0.29) is 0 Å². The summed E-state index contributed by atoms with van der Waals surface area (Å²) in [5.74, 6) is 0.799. The Hall–Kier alpha value is -1.02. The van der Waals surface area contributed by atoms with Crippen molar-refractivity contribution in [3.8, 4) is 0 Å². The summed E-state index contributed by atoms with van der Waals surface area (Å²) in [4.78, 5) is 0. The van der Waals surface area contributed by atoms with Crippen molar-refractivity contribution in [2.24, 2.45) is 0 Å². The third-order valence-corrected chi connectivity index (χ3v) is 4.16. The zero-order chi connectivity index (χ0) is 17.3. The van der Waals surface area contributed by atoms with Gasteiger partial charge in [-0.2, -0.15) is 0 Å². The molecule has 0 aromatic carbocycles. The summed E-state index contributed by atoms with van der Waals surface area (Å²) in [6.07, 6.45) is 19.6. The minimum absolute atomic E-state index is 0.646. The van der Waals surface area contributed by atoms with Gasteiger partial charge in [0.1, 0.15) is 12.4 Å². The molecule has 0 rings (SSSR count). The van der Waals surface area contributed by atoms with Crippen LogP contribution in [0.15, 0.2) is 59.4 Å². The second kappa shape index (κ2) is 15.9. The van der Waals surface area contributed by atoms with Crippen molar-refractivity contribution in [1.82, 2.24) is 0 Å². The van der Waals surface area contributed by atoms with E-state index in [1.807, 2.05) is 12.2 Å².